The molecule has 0 saturated carbocycles. The van der Waals surface area contributed by atoms with Gasteiger partial charge in [-0.25, -0.2) is 4.98 Å². The Bertz CT molecular complexity index is 852. The van der Waals surface area contributed by atoms with Crippen LogP contribution in [0.3, 0.4) is 0 Å². The molecule has 0 saturated heterocycles. The van der Waals surface area contributed by atoms with Gasteiger partial charge in [-0.05, 0) is 30.7 Å². The highest BCUT2D eigenvalue weighted by molar-refractivity contribution is 7.13. The summed E-state index contributed by atoms with van der Waals surface area (Å²) in [6.07, 6.45) is 3.89. The summed E-state index contributed by atoms with van der Waals surface area (Å²) < 4.78 is 0. The lowest BCUT2D eigenvalue weighted by Gasteiger charge is -2.05. The first-order valence-electron chi connectivity index (χ1n) is 7.19. The minimum atomic E-state index is -0.487. The van der Waals surface area contributed by atoms with E-state index in [1.165, 1.54) is 23.5 Å². The van der Waals surface area contributed by atoms with Crippen molar-refractivity contribution in [1.29, 1.82) is 0 Å². The van der Waals surface area contributed by atoms with E-state index in [-0.39, 0.29) is 11.4 Å². The first kappa shape index (κ1) is 15.9. The average molecular weight is 342 g/mol. The molecular weight excluding hydrogens is 328 g/mol. The van der Waals surface area contributed by atoms with E-state index in [1.54, 1.807) is 18.5 Å². The molecule has 0 bridgehead atoms. The predicted octanol–water partition coefficient (Wildman–Crippen LogP) is 3.47. The normalized spacial score (nSPS) is 10.5. The summed E-state index contributed by atoms with van der Waals surface area (Å²) in [5, 5.41) is 26.3. The molecule has 8 heteroatoms. The van der Waals surface area contributed by atoms with Gasteiger partial charge in [0.25, 0.3) is 5.69 Å². The van der Waals surface area contributed by atoms with Crippen molar-refractivity contribution in [2.75, 3.05) is 11.9 Å². The van der Waals surface area contributed by atoms with Crippen molar-refractivity contribution in [3.63, 3.8) is 0 Å². The number of benzene rings is 1. The van der Waals surface area contributed by atoms with Crippen molar-refractivity contribution in [2.45, 2.75) is 6.42 Å². The molecule has 0 fully saturated rings. The van der Waals surface area contributed by atoms with Crippen molar-refractivity contribution < 1.29 is 10.0 Å². The molecule has 24 heavy (non-hydrogen) atoms. The highest BCUT2D eigenvalue weighted by Crippen LogP contribution is 2.26. The molecule has 0 spiro atoms. The van der Waals surface area contributed by atoms with Crippen LogP contribution in [0, 0.1) is 10.1 Å². The number of phenols is 1. The van der Waals surface area contributed by atoms with Gasteiger partial charge in [0.15, 0.2) is 0 Å². The van der Waals surface area contributed by atoms with Crippen LogP contribution in [0.4, 0.5) is 11.5 Å². The molecule has 7 nitrogen and oxygen atoms in total. The van der Waals surface area contributed by atoms with E-state index in [4.69, 9.17) is 0 Å². The molecule has 0 aliphatic rings. The minimum absolute atomic E-state index is 0.0763. The monoisotopic (exact) mass is 342 g/mol. The fourth-order valence-electron chi connectivity index (χ4n) is 2.24. The zero-order chi connectivity index (χ0) is 16.9. The van der Waals surface area contributed by atoms with Gasteiger partial charge in [-0.3, -0.25) is 15.1 Å². The Morgan fingerprint density at radius 1 is 1.25 bits per heavy atom. The molecule has 0 aliphatic heterocycles. The van der Waals surface area contributed by atoms with Crippen molar-refractivity contribution in [3.8, 4) is 16.3 Å². The van der Waals surface area contributed by atoms with Crippen molar-refractivity contribution in [2.24, 2.45) is 0 Å². The maximum absolute atomic E-state index is 11.0. The summed E-state index contributed by atoms with van der Waals surface area (Å²) in [7, 11) is 0. The molecule has 0 amide bonds. The summed E-state index contributed by atoms with van der Waals surface area (Å²) in [6.45, 7) is 0.505. The Kier molecular flexibility index (Phi) is 4.66. The molecular formula is C16H14N4O3S. The van der Waals surface area contributed by atoms with Gasteiger partial charge in [-0.2, -0.15) is 0 Å². The summed E-state index contributed by atoms with van der Waals surface area (Å²) in [5.41, 5.74) is 1.49. The molecule has 2 N–H and O–H groups in total. The SMILES string of the molecule is O=[N+]([O-])c1cc(O)ccc1CCNc1csc(-c2ccncc2)n1. The first-order valence-corrected chi connectivity index (χ1v) is 8.07. The number of hydrogen-bond donors (Lipinski definition) is 2. The second-order valence-electron chi connectivity index (χ2n) is 5.02. The van der Waals surface area contributed by atoms with E-state index < -0.39 is 4.92 Å². The van der Waals surface area contributed by atoms with Crippen LogP contribution in [-0.2, 0) is 6.42 Å². The number of nitro groups is 1. The third kappa shape index (κ3) is 3.66. The number of pyridine rings is 1. The Balaban J connectivity index is 1.64. The van der Waals surface area contributed by atoms with Gasteiger partial charge >= 0.3 is 0 Å². The number of anilines is 1. The number of phenolic OH excluding ortho intramolecular Hbond substituents is 1. The standard InChI is InChI=1S/C16H14N4O3S/c21-13-2-1-11(14(9-13)20(22)23)5-8-18-15-10-24-16(19-15)12-3-6-17-7-4-12/h1-4,6-7,9-10,18,21H,5,8H2. The zero-order valence-electron chi connectivity index (χ0n) is 12.5. The topological polar surface area (TPSA) is 101 Å². The van der Waals surface area contributed by atoms with Gasteiger partial charge in [-0.1, -0.05) is 0 Å². The largest absolute Gasteiger partial charge is 0.508 e. The van der Waals surface area contributed by atoms with Crippen LogP contribution in [-0.4, -0.2) is 26.5 Å². The van der Waals surface area contributed by atoms with Crippen LogP contribution in [0.15, 0.2) is 48.1 Å². The van der Waals surface area contributed by atoms with E-state index in [1.807, 2.05) is 17.5 Å². The number of thiazole rings is 1. The molecule has 3 rings (SSSR count). The molecule has 1 aromatic carbocycles. The van der Waals surface area contributed by atoms with Crippen LogP contribution in [0.5, 0.6) is 5.75 Å². The molecule has 0 unspecified atom stereocenters. The quantitative estimate of drug-likeness (QED) is 0.525. The summed E-state index contributed by atoms with van der Waals surface area (Å²) >= 11 is 1.52. The number of aromatic nitrogens is 2. The lowest BCUT2D eigenvalue weighted by atomic mass is 10.1. The number of aromatic hydroxyl groups is 1. The minimum Gasteiger partial charge on any atom is -0.508 e. The third-order valence-electron chi connectivity index (χ3n) is 3.40. The lowest BCUT2D eigenvalue weighted by molar-refractivity contribution is -0.385. The van der Waals surface area contributed by atoms with Crippen LogP contribution < -0.4 is 5.32 Å². The Morgan fingerprint density at radius 2 is 2.04 bits per heavy atom. The highest BCUT2D eigenvalue weighted by Gasteiger charge is 2.14. The van der Waals surface area contributed by atoms with Crippen LogP contribution in [0.25, 0.3) is 10.6 Å². The Labute approximate surface area is 141 Å². The number of nitro benzene ring substituents is 1. The predicted molar refractivity (Wildman–Crippen MR) is 92.3 cm³/mol. The Hall–Kier alpha value is -3.00. The van der Waals surface area contributed by atoms with E-state index in [9.17, 15) is 15.2 Å². The summed E-state index contributed by atoms with van der Waals surface area (Å²) in [4.78, 5) is 19.0. The van der Waals surface area contributed by atoms with Crippen molar-refractivity contribution >= 4 is 22.8 Å². The molecule has 2 aromatic heterocycles. The van der Waals surface area contributed by atoms with E-state index >= 15 is 0 Å². The van der Waals surface area contributed by atoms with E-state index in [0.717, 1.165) is 16.4 Å². The molecule has 2 heterocycles. The van der Waals surface area contributed by atoms with Crippen molar-refractivity contribution in [1.82, 2.24) is 9.97 Å². The highest BCUT2D eigenvalue weighted by atomic mass is 32.1. The van der Waals surface area contributed by atoms with Crippen molar-refractivity contribution in [3.05, 3.63) is 63.8 Å². The van der Waals surface area contributed by atoms with E-state index in [2.05, 4.69) is 15.3 Å². The molecule has 0 aliphatic carbocycles. The number of hydrogen-bond acceptors (Lipinski definition) is 7. The lowest BCUT2D eigenvalue weighted by Crippen LogP contribution is -2.06. The number of rotatable bonds is 6. The molecule has 0 radical (unpaired) electrons. The second-order valence-corrected chi connectivity index (χ2v) is 5.88. The van der Waals surface area contributed by atoms with Gasteiger partial charge in [0.2, 0.25) is 0 Å². The van der Waals surface area contributed by atoms with Gasteiger partial charge in [0.1, 0.15) is 16.6 Å². The second kappa shape index (κ2) is 7.05. The van der Waals surface area contributed by atoms with Crippen LogP contribution in [0.2, 0.25) is 0 Å². The van der Waals surface area contributed by atoms with Crippen LogP contribution >= 0.6 is 11.3 Å². The smallest absolute Gasteiger partial charge is 0.276 e. The average Bonchev–Trinajstić information content (AvgIpc) is 3.06. The van der Waals surface area contributed by atoms with Crippen LogP contribution in [0.1, 0.15) is 5.56 Å². The Morgan fingerprint density at radius 3 is 2.79 bits per heavy atom. The maximum atomic E-state index is 11.0. The fraction of sp³-hybridized carbons (Fsp3) is 0.125. The van der Waals surface area contributed by atoms with Gasteiger partial charge in [0, 0.05) is 35.4 Å². The number of nitrogens with zero attached hydrogens (tertiary/aromatic N) is 3. The first-order chi connectivity index (χ1) is 11.6. The van der Waals surface area contributed by atoms with Gasteiger partial charge in [0.05, 0.1) is 11.0 Å². The molecule has 122 valence electrons. The summed E-state index contributed by atoms with van der Waals surface area (Å²) in [5.74, 6) is 0.619. The van der Waals surface area contributed by atoms with E-state index in [0.29, 0.717) is 18.5 Å². The maximum Gasteiger partial charge on any atom is 0.276 e. The zero-order valence-corrected chi connectivity index (χ0v) is 13.4. The number of nitrogens with one attached hydrogen (secondary N) is 1. The molecule has 3 aromatic rings. The fourth-order valence-corrected chi connectivity index (χ4v) is 3.02. The van der Waals surface area contributed by atoms with Gasteiger partial charge < -0.3 is 10.4 Å². The van der Waals surface area contributed by atoms with Gasteiger partial charge in [-0.15, -0.1) is 11.3 Å². The summed E-state index contributed by atoms with van der Waals surface area (Å²) in [6, 6.07) is 7.97. The molecule has 0 atom stereocenters. The third-order valence-corrected chi connectivity index (χ3v) is 4.29.